The molecule has 2 heterocycles. The fourth-order valence-corrected chi connectivity index (χ4v) is 5.98. The summed E-state index contributed by atoms with van der Waals surface area (Å²) >= 11 is 0. The minimum absolute atomic E-state index is 0.130. The molecule has 0 aliphatic carbocycles. The Labute approximate surface area is 270 Å². The molecule has 2 aliphatic rings. The second kappa shape index (κ2) is 12.7. The van der Waals surface area contributed by atoms with Gasteiger partial charge in [-0.25, -0.2) is 8.42 Å². The number of rotatable bonds is 9. The molecule has 0 saturated carbocycles. The lowest BCUT2D eigenvalue weighted by Crippen LogP contribution is -2.43. The maximum absolute atomic E-state index is 13.6. The van der Waals surface area contributed by atoms with Crippen molar-refractivity contribution in [1.29, 1.82) is 0 Å². The van der Waals surface area contributed by atoms with Crippen LogP contribution in [0, 0.1) is 6.92 Å². The Morgan fingerprint density at radius 2 is 1.80 bits per heavy atom. The first kappa shape index (κ1) is 32.8. The number of hydrazine groups is 2. The second-order valence-corrected chi connectivity index (χ2v) is 14.3. The van der Waals surface area contributed by atoms with E-state index in [2.05, 4.69) is 26.0 Å². The number of carbonyl (C=O) groups excluding carboxylic acids is 1. The van der Waals surface area contributed by atoms with E-state index >= 15 is 0 Å². The summed E-state index contributed by atoms with van der Waals surface area (Å²) in [6, 6.07) is 18.2. The normalized spacial score (nSPS) is 17.3. The number of ether oxygens (including phenoxy) is 1. The summed E-state index contributed by atoms with van der Waals surface area (Å²) in [6.45, 7) is 8.41. The Bertz CT molecular complexity index is 1800. The molecule has 3 aromatic carbocycles. The maximum Gasteiger partial charge on any atom is 0.255 e. The number of benzene rings is 3. The van der Waals surface area contributed by atoms with E-state index in [-0.39, 0.29) is 22.9 Å². The number of nitrogens with zero attached hydrogens (tertiary/aromatic N) is 3. The number of hydrogen-bond acceptors (Lipinski definition) is 10. The SMILES string of the molecule is COc1c(NC(=O)c2ccc(C)c(N3C=C(C4CN=C(C(O)c5ccccc5)N4C)NN3)c2)cc(C(C)(C)C)cc1NS(C)(=O)=O. The van der Waals surface area contributed by atoms with Crippen LogP contribution in [-0.4, -0.2) is 63.2 Å². The third-order valence-electron chi connectivity index (χ3n) is 8.00. The molecule has 5 rings (SSSR count). The molecule has 13 heteroatoms. The van der Waals surface area contributed by atoms with Gasteiger partial charge in [0.05, 0.1) is 48.7 Å². The molecular weight excluding hydrogens is 606 g/mol. The standard InChI is InChI=1S/C33H41N7O5S/c1-20-13-14-22(32(42)35-24-16-23(33(2,3)4)17-25(30(24)45-6)37-46(7,43)44)15-27(20)40-19-26(36-38-40)28-18-34-31(39(28)5)29(41)21-11-9-8-10-12-21/h8-17,19,28-29,36-38,41H,18H2,1-7H3,(H,35,42). The second-order valence-electron chi connectivity index (χ2n) is 12.5. The van der Waals surface area contributed by atoms with Crippen molar-refractivity contribution in [3.8, 4) is 5.75 Å². The number of aliphatic imine (C=N–C) groups is 1. The fraction of sp³-hybridized carbons (Fsp3) is 0.333. The van der Waals surface area contributed by atoms with Gasteiger partial charge < -0.3 is 25.5 Å². The van der Waals surface area contributed by atoms with Gasteiger partial charge >= 0.3 is 0 Å². The highest BCUT2D eigenvalue weighted by molar-refractivity contribution is 7.92. The summed E-state index contributed by atoms with van der Waals surface area (Å²) in [5.41, 5.74) is 11.1. The van der Waals surface area contributed by atoms with Crippen LogP contribution in [0.2, 0.25) is 0 Å². The molecule has 0 aromatic heterocycles. The Kier molecular flexibility index (Phi) is 9.03. The zero-order valence-electron chi connectivity index (χ0n) is 27.0. The van der Waals surface area contributed by atoms with Gasteiger partial charge in [-0.1, -0.05) is 57.2 Å². The molecule has 244 valence electrons. The average Bonchev–Trinajstić information content (AvgIpc) is 3.62. The lowest BCUT2D eigenvalue weighted by molar-refractivity contribution is 0.102. The van der Waals surface area contributed by atoms with E-state index in [1.54, 1.807) is 29.3 Å². The first-order chi connectivity index (χ1) is 21.7. The number of amides is 1. The molecule has 3 aromatic rings. The summed E-state index contributed by atoms with van der Waals surface area (Å²) in [7, 11) is -0.282. The van der Waals surface area contributed by atoms with Gasteiger partial charge in [-0.15, -0.1) is 5.53 Å². The molecule has 2 atom stereocenters. The van der Waals surface area contributed by atoms with Crippen molar-refractivity contribution in [2.45, 2.75) is 45.3 Å². The highest BCUT2D eigenvalue weighted by Crippen LogP contribution is 2.39. The quantitative estimate of drug-likeness (QED) is 0.232. The topological polar surface area (TPSA) is 148 Å². The first-order valence-corrected chi connectivity index (χ1v) is 16.7. The van der Waals surface area contributed by atoms with E-state index < -0.39 is 22.0 Å². The largest absolute Gasteiger partial charge is 0.492 e. The molecule has 0 saturated heterocycles. The number of nitrogens with one attached hydrogen (secondary N) is 4. The van der Waals surface area contributed by atoms with Crippen molar-refractivity contribution in [3.05, 3.63) is 94.8 Å². The Morgan fingerprint density at radius 3 is 2.46 bits per heavy atom. The average molecular weight is 648 g/mol. The maximum atomic E-state index is 13.6. The van der Waals surface area contributed by atoms with Gasteiger partial charge in [0.25, 0.3) is 5.91 Å². The number of amidine groups is 1. The van der Waals surface area contributed by atoms with Crippen LogP contribution < -0.4 is 30.7 Å². The van der Waals surface area contributed by atoms with E-state index in [1.165, 1.54) is 7.11 Å². The summed E-state index contributed by atoms with van der Waals surface area (Å²) in [5, 5.41) is 15.7. The van der Waals surface area contributed by atoms with Gasteiger partial charge in [0.15, 0.2) is 5.75 Å². The summed E-state index contributed by atoms with van der Waals surface area (Å²) in [4.78, 5) is 20.2. The highest BCUT2D eigenvalue weighted by atomic mass is 32.2. The van der Waals surface area contributed by atoms with Crippen molar-refractivity contribution in [3.63, 3.8) is 0 Å². The number of aryl methyl sites for hydroxylation is 1. The number of aliphatic hydroxyl groups excluding tert-OH is 1. The first-order valence-electron chi connectivity index (χ1n) is 14.8. The van der Waals surface area contributed by atoms with Crippen LogP contribution in [0.25, 0.3) is 0 Å². The van der Waals surface area contributed by atoms with E-state index in [1.807, 2.05) is 82.2 Å². The highest BCUT2D eigenvalue weighted by Gasteiger charge is 2.34. The summed E-state index contributed by atoms with van der Waals surface area (Å²) < 4.78 is 32.3. The van der Waals surface area contributed by atoms with Gasteiger partial charge in [-0.3, -0.25) is 19.5 Å². The Morgan fingerprint density at radius 1 is 1.11 bits per heavy atom. The van der Waals surface area contributed by atoms with Crippen molar-refractivity contribution < 1.29 is 23.1 Å². The molecular formula is C33H41N7O5S. The molecule has 0 bridgehead atoms. The molecule has 0 radical (unpaired) electrons. The van der Waals surface area contributed by atoms with Gasteiger partial charge in [0, 0.05) is 18.8 Å². The summed E-state index contributed by atoms with van der Waals surface area (Å²) in [6.07, 6.45) is 2.15. The number of anilines is 3. The van der Waals surface area contributed by atoms with Crippen LogP contribution in [0.4, 0.5) is 17.1 Å². The number of carbonyl (C=O) groups is 1. The smallest absolute Gasteiger partial charge is 0.255 e. The van der Waals surface area contributed by atoms with Crippen molar-refractivity contribution in [2.75, 3.05) is 42.0 Å². The Balaban J connectivity index is 1.37. The van der Waals surface area contributed by atoms with E-state index in [0.29, 0.717) is 23.6 Å². The predicted molar refractivity (Wildman–Crippen MR) is 181 cm³/mol. The number of methoxy groups -OCH3 is 1. The molecule has 0 fully saturated rings. The summed E-state index contributed by atoms with van der Waals surface area (Å²) in [5.74, 6) is 0.403. The lowest BCUT2D eigenvalue weighted by atomic mass is 9.86. The monoisotopic (exact) mass is 647 g/mol. The van der Waals surface area contributed by atoms with Crippen LogP contribution in [0.15, 0.2) is 77.6 Å². The van der Waals surface area contributed by atoms with Gasteiger partial charge in [0.1, 0.15) is 11.9 Å². The number of aliphatic hydroxyl groups is 1. The zero-order valence-corrected chi connectivity index (χ0v) is 27.9. The molecule has 2 aliphatic heterocycles. The molecule has 12 nitrogen and oxygen atoms in total. The van der Waals surface area contributed by atoms with Gasteiger partial charge in [-0.05, 0) is 53.3 Å². The Hall–Kier alpha value is -4.59. The third-order valence-corrected chi connectivity index (χ3v) is 8.59. The van der Waals surface area contributed by atoms with Gasteiger partial charge in [0.2, 0.25) is 10.0 Å². The van der Waals surface area contributed by atoms with Crippen molar-refractivity contribution >= 4 is 38.8 Å². The van der Waals surface area contributed by atoms with Crippen LogP contribution in [-0.2, 0) is 15.4 Å². The molecule has 2 unspecified atom stereocenters. The van der Waals surface area contributed by atoms with E-state index in [0.717, 1.165) is 34.3 Å². The van der Waals surface area contributed by atoms with E-state index in [9.17, 15) is 18.3 Å². The van der Waals surface area contributed by atoms with Crippen molar-refractivity contribution in [1.82, 2.24) is 15.9 Å². The van der Waals surface area contributed by atoms with Crippen LogP contribution in [0.3, 0.4) is 0 Å². The molecule has 0 spiro atoms. The third kappa shape index (κ3) is 6.96. The molecule has 1 amide bonds. The number of hydrogen-bond donors (Lipinski definition) is 5. The minimum Gasteiger partial charge on any atom is -0.492 e. The van der Waals surface area contributed by atoms with Crippen molar-refractivity contribution in [2.24, 2.45) is 4.99 Å². The predicted octanol–water partition coefficient (Wildman–Crippen LogP) is 4.04. The molecule has 5 N–H and O–H groups in total. The van der Waals surface area contributed by atoms with E-state index in [4.69, 9.17) is 4.74 Å². The number of sulfonamides is 1. The zero-order chi connectivity index (χ0) is 33.4. The van der Waals surface area contributed by atoms with Crippen LogP contribution in [0.1, 0.15) is 53.9 Å². The van der Waals surface area contributed by atoms with Crippen LogP contribution >= 0.6 is 0 Å². The van der Waals surface area contributed by atoms with Gasteiger partial charge in [-0.2, -0.15) is 0 Å². The molecule has 46 heavy (non-hydrogen) atoms. The fourth-order valence-electron chi connectivity index (χ4n) is 5.43. The number of likely N-dealkylation sites (N-methyl/N-ethyl adjacent to an activating group) is 1. The lowest BCUT2D eigenvalue weighted by Gasteiger charge is -2.26. The van der Waals surface area contributed by atoms with Crippen LogP contribution in [0.5, 0.6) is 5.75 Å². The minimum atomic E-state index is -3.61.